The SMILES string of the molecule is CC(NC(=O)NC1CCOc2ccc(Br)cc21)c1ccc(F)c(Cl)c1. The Kier molecular flexibility index (Phi) is 5.49. The quantitative estimate of drug-likeness (QED) is 0.714. The molecular weight excluding hydrogens is 411 g/mol. The Morgan fingerprint density at radius 3 is 2.92 bits per heavy atom. The minimum Gasteiger partial charge on any atom is -0.493 e. The number of nitrogens with one attached hydrogen (secondary N) is 2. The monoisotopic (exact) mass is 426 g/mol. The van der Waals surface area contributed by atoms with E-state index < -0.39 is 5.82 Å². The largest absolute Gasteiger partial charge is 0.493 e. The topological polar surface area (TPSA) is 50.4 Å². The zero-order chi connectivity index (χ0) is 18.0. The number of urea groups is 1. The van der Waals surface area contributed by atoms with Crippen molar-refractivity contribution >= 4 is 33.6 Å². The minimum atomic E-state index is -0.480. The third-order valence-electron chi connectivity index (χ3n) is 4.11. The van der Waals surface area contributed by atoms with Gasteiger partial charge in [-0.1, -0.05) is 33.6 Å². The number of hydrogen-bond acceptors (Lipinski definition) is 2. The second kappa shape index (κ2) is 7.62. The molecule has 132 valence electrons. The second-order valence-corrected chi connectivity index (χ2v) is 7.21. The van der Waals surface area contributed by atoms with Crippen molar-refractivity contribution in [1.82, 2.24) is 10.6 Å². The van der Waals surface area contributed by atoms with Gasteiger partial charge in [-0.25, -0.2) is 9.18 Å². The van der Waals surface area contributed by atoms with E-state index >= 15 is 0 Å². The molecule has 0 aliphatic carbocycles. The molecule has 3 rings (SSSR count). The highest BCUT2D eigenvalue weighted by molar-refractivity contribution is 9.10. The van der Waals surface area contributed by atoms with Crippen LogP contribution in [-0.2, 0) is 0 Å². The van der Waals surface area contributed by atoms with Crippen molar-refractivity contribution in [2.24, 2.45) is 0 Å². The van der Waals surface area contributed by atoms with Crippen LogP contribution in [0.15, 0.2) is 40.9 Å². The fourth-order valence-electron chi connectivity index (χ4n) is 2.78. The summed E-state index contributed by atoms with van der Waals surface area (Å²) in [4.78, 5) is 12.4. The Morgan fingerprint density at radius 2 is 2.16 bits per heavy atom. The highest BCUT2D eigenvalue weighted by atomic mass is 79.9. The van der Waals surface area contributed by atoms with Crippen molar-refractivity contribution in [3.05, 3.63) is 62.8 Å². The van der Waals surface area contributed by atoms with Gasteiger partial charge in [-0.15, -0.1) is 0 Å². The van der Waals surface area contributed by atoms with Gasteiger partial charge in [0.25, 0.3) is 0 Å². The molecule has 2 amide bonds. The third-order valence-corrected chi connectivity index (χ3v) is 4.89. The molecule has 1 aliphatic rings. The number of halogens is 3. The summed E-state index contributed by atoms with van der Waals surface area (Å²) in [6.07, 6.45) is 0.688. The molecule has 7 heteroatoms. The first-order valence-corrected chi connectivity index (χ1v) is 9.05. The standard InChI is InChI=1S/C18H17BrClFN2O2/c1-10(11-2-4-15(21)14(20)8-11)22-18(24)23-16-6-7-25-17-5-3-12(19)9-13(16)17/h2-5,8-10,16H,6-7H2,1H3,(H2,22,23,24). The molecule has 0 saturated carbocycles. The minimum absolute atomic E-state index is 0.0368. The van der Waals surface area contributed by atoms with Crippen LogP contribution in [0.2, 0.25) is 5.02 Å². The zero-order valence-electron chi connectivity index (χ0n) is 13.5. The highest BCUT2D eigenvalue weighted by Gasteiger charge is 2.24. The van der Waals surface area contributed by atoms with E-state index in [1.54, 1.807) is 6.07 Å². The predicted octanol–water partition coefficient (Wildman–Crippen LogP) is 5.13. The fraction of sp³-hybridized carbons (Fsp3) is 0.278. The molecule has 25 heavy (non-hydrogen) atoms. The lowest BCUT2D eigenvalue weighted by atomic mass is 10.0. The maximum Gasteiger partial charge on any atom is 0.315 e. The summed E-state index contributed by atoms with van der Waals surface area (Å²) >= 11 is 9.24. The van der Waals surface area contributed by atoms with Crippen molar-refractivity contribution in [2.45, 2.75) is 25.4 Å². The van der Waals surface area contributed by atoms with Gasteiger partial charge in [0.05, 0.1) is 23.7 Å². The number of carbonyl (C=O) groups excluding carboxylic acids is 1. The van der Waals surface area contributed by atoms with Gasteiger partial charge >= 0.3 is 6.03 Å². The first-order chi connectivity index (χ1) is 11.9. The van der Waals surface area contributed by atoms with E-state index in [0.29, 0.717) is 13.0 Å². The first kappa shape index (κ1) is 18.0. The van der Waals surface area contributed by atoms with Crippen molar-refractivity contribution in [1.29, 1.82) is 0 Å². The van der Waals surface area contributed by atoms with E-state index in [1.165, 1.54) is 12.1 Å². The van der Waals surface area contributed by atoms with Crippen molar-refractivity contribution < 1.29 is 13.9 Å². The van der Waals surface area contributed by atoms with Crippen LogP contribution < -0.4 is 15.4 Å². The Bertz CT molecular complexity index is 803. The molecule has 2 aromatic rings. The van der Waals surface area contributed by atoms with Gasteiger partial charge in [0.2, 0.25) is 0 Å². The van der Waals surface area contributed by atoms with Crippen molar-refractivity contribution in [2.75, 3.05) is 6.61 Å². The lowest BCUT2D eigenvalue weighted by Crippen LogP contribution is -2.40. The van der Waals surface area contributed by atoms with Crippen molar-refractivity contribution in [3.8, 4) is 5.75 Å². The summed E-state index contributed by atoms with van der Waals surface area (Å²) < 4.78 is 19.8. The van der Waals surface area contributed by atoms with Crippen LogP contribution in [0, 0.1) is 5.82 Å². The molecule has 2 N–H and O–H groups in total. The molecule has 4 nitrogen and oxygen atoms in total. The second-order valence-electron chi connectivity index (χ2n) is 5.88. The zero-order valence-corrected chi connectivity index (χ0v) is 15.8. The van der Waals surface area contributed by atoms with Crippen LogP contribution in [0.3, 0.4) is 0 Å². The van der Waals surface area contributed by atoms with Crippen LogP contribution in [0.1, 0.15) is 36.6 Å². The van der Waals surface area contributed by atoms with E-state index in [4.69, 9.17) is 16.3 Å². The summed E-state index contributed by atoms with van der Waals surface area (Å²) in [6.45, 7) is 2.36. The third kappa shape index (κ3) is 4.25. The van der Waals surface area contributed by atoms with Crippen LogP contribution in [0.5, 0.6) is 5.75 Å². The summed E-state index contributed by atoms with van der Waals surface area (Å²) in [5.41, 5.74) is 1.67. The van der Waals surface area contributed by atoms with E-state index in [1.807, 2.05) is 25.1 Å². The van der Waals surface area contributed by atoms with Gasteiger partial charge in [-0.05, 0) is 42.8 Å². The van der Waals surface area contributed by atoms with Crippen LogP contribution in [0.4, 0.5) is 9.18 Å². The Balaban J connectivity index is 1.67. The molecule has 1 aliphatic heterocycles. The molecule has 0 bridgehead atoms. The van der Waals surface area contributed by atoms with Crippen LogP contribution in [-0.4, -0.2) is 12.6 Å². The smallest absolute Gasteiger partial charge is 0.315 e. The summed E-state index contributed by atoms with van der Waals surface area (Å²) in [7, 11) is 0. The van der Waals surface area contributed by atoms with E-state index in [9.17, 15) is 9.18 Å². The molecule has 2 aromatic carbocycles. The molecule has 0 saturated heterocycles. The molecule has 2 atom stereocenters. The summed E-state index contributed by atoms with van der Waals surface area (Å²) in [6, 6.07) is 9.41. The van der Waals surface area contributed by atoms with Gasteiger partial charge in [-0.3, -0.25) is 0 Å². The lowest BCUT2D eigenvalue weighted by molar-refractivity contribution is 0.221. The number of hydrogen-bond donors (Lipinski definition) is 2. The van der Waals surface area contributed by atoms with Gasteiger partial charge in [-0.2, -0.15) is 0 Å². The average molecular weight is 428 g/mol. The fourth-order valence-corrected chi connectivity index (χ4v) is 3.34. The predicted molar refractivity (Wildman–Crippen MR) is 98.5 cm³/mol. The number of fused-ring (bicyclic) bond motifs is 1. The van der Waals surface area contributed by atoms with E-state index in [0.717, 1.165) is 21.3 Å². The maximum atomic E-state index is 13.3. The van der Waals surface area contributed by atoms with Gasteiger partial charge in [0, 0.05) is 16.5 Å². The van der Waals surface area contributed by atoms with Crippen LogP contribution >= 0.6 is 27.5 Å². The lowest BCUT2D eigenvalue weighted by Gasteiger charge is -2.27. The van der Waals surface area contributed by atoms with E-state index in [-0.39, 0.29) is 23.1 Å². The summed E-state index contributed by atoms with van der Waals surface area (Å²) in [5, 5.41) is 5.86. The number of benzene rings is 2. The number of carbonyl (C=O) groups is 1. The Morgan fingerprint density at radius 1 is 1.36 bits per heavy atom. The molecule has 0 fully saturated rings. The number of amides is 2. The maximum absolute atomic E-state index is 13.3. The molecule has 0 spiro atoms. The van der Waals surface area contributed by atoms with Crippen molar-refractivity contribution in [3.63, 3.8) is 0 Å². The van der Waals surface area contributed by atoms with Gasteiger partial charge in [0.1, 0.15) is 11.6 Å². The Labute approximate surface area is 158 Å². The number of ether oxygens (including phenoxy) is 1. The van der Waals surface area contributed by atoms with Gasteiger partial charge < -0.3 is 15.4 Å². The molecule has 1 heterocycles. The molecular formula is C18H17BrClFN2O2. The Hall–Kier alpha value is -1.79. The first-order valence-electron chi connectivity index (χ1n) is 7.88. The normalized spacial score (nSPS) is 17.2. The highest BCUT2D eigenvalue weighted by Crippen LogP contribution is 2.34. The number of rotatable bonds is 3. The van der Waals surface area contributed by atoms with Crippen LogP contribution in [0.25, 0.3) is 0 Å². The average Bonchev–Trinajstić information content (AvgIpc) is 2.57. The molecule has 0 aromatic heterocycles. The molecule has 2 unspecified atom stereocenters. The van der Waals surface area contributed by atoms with E-state index in [2.05, 4.69) is 26.6 Å². The summed E-state index contributed by atoms with van der Waals surface area (Å²) in [5.74, 6) is 0.296. The molecule has 0 radical (unpaired) electrons. The van der Waals surface area contributed by atoms with Gasteiger partial charge in [0.15, 0.2) is 0 Å².